The van der Waals surface area contributed by atoms with Crippen molar-refractivity contribution >= 4 is 11.8 Å². The van der Waals surface area contributed by atoms with Crippen LogP contribution in [0.2, 0.25) is 0 Å². The first kappa shape index (κ1) is 11.1. The summed E-state index contributed by atoms with van der Waals surface area (Å²) in [6.07, 6.45) is 3.81. The van der Waals surface area contributed by atoms with E-state index in [1.165, 1.54) is 16.7 Å². The van der Waals surface area contributed by atoms with Crippen LogP contribution in [0.1, 0.15) is 11.1 Å². The zero-order valence-electron chi connectivity index (χ0n) is 9.69. The van der Waals surface area contributed by atoms with Crippen molar-refractivity contribution in [2.45, 2.75) is 19.0 Å². The average Bonchev–Trinajstić information content (AvgIpc) is 2.29. The largest absolute Gasteiger partial charge is 0.231 e. The van der Waals surface area contributed by atoms with Crippen molar-refractivity contribution in [3.63, 3.8) is 0 Å². The van der Waals surface area contributed by atoms with E-state index in [2.05, 4.69) is 42.0 Å². The van der Waals surface area contributed by atoms with E-state index in [0.29, 0.717) is 0 Å². The number of hydrogen-bond acceptors (Lipinski definition) is 3. The lowest BCUT2D eigenvalue weighted by atomic mass is 10.0. The van der Waals surface area contributed by atoms with Crippen LogP contribution in [0, 0.1) is 13.8 Å². The van der Waals surface area contributed by atoms with E-state index in [4.69, 9.17) is 0 Å². The minimum atomic E-state index is 0.820. The zero-order chi connectivity index (χ0) is 11.5. The predicted octanol–water partition coefficient (Wildman–Crippen LogP) is 3.48. The summed E-state index contributed by atoms with van der Waals surface area (Å²) in [6.45, 7) is 4.23. The quantitative estimate of drug-likeness (QED) is 0.583. The van der Waals surface area contributed by atoms with Gasteiger partial charge < -0.3 is 0 Å². The van der Waals surface area contributed by atoms with Gasteiger partial charge in [-0.15, -0.1) is 0 Å². The van der Waals surface area contributed by atoms with Gasteiger partial charge in [0.1, 0.15) is 0 Å². The summed E-state index contributed by atoms with van der Waals surface area (Å²) in [6, 6.07) is 8.27. The highest BCUT2D eigenvalue weighted by Crippen LogP contribution is 2.25. The van der Waals surface area contributed by atoms with Gasteiger partial charge in [-0.05, 0) is 37.3 Å². The number of rotatable bonds is 2. The molecule has 0 N–H and O–H groups in total. The molecule has 1 aromatic heterocycles. The number of aromatic nitrogens is 2. The summed E-state index contributed by atoms with van der Waals surface area (Å²) >= 11 is 1.57. The number of nitrogens with zero attached hydrogens (tertiary/aromatic N) is 2. The summed E-state index contributed by atoms with van der Waals surface area (Å²) in [5, 5.41) is 0.820. The number of benzene rings is 1. The summed E-state index contributed by atoms with van der Waals surface area (Å²) in [4.78, 5) is 8.73. The summed E-state index contributed by atoms with van der Waals surface area (Å²) in [5.41, 5.74) is 4.74. The minimum absolute atomic E-state index is 0.820. The van der Waals surface area contributed by atoms with Crippen molar-refractivity contribution in [3.8, 4) is 11.3 Å². The van der Waals surface area contributed by atoms with Gasteiger partial charge in [0, 0.05) is 11.8 Å². The second kappa shape index (κ2) is 4.66. The Morgan fingerprint density at radius 1 is 1.06 bits per heavy atom. The highest BCUT2D eigenvalue weighted by Gasteiger charge is 2.07. The van der Waals surface area contributed by atoms with Gasteiger partial charge in [-0.3, -0.25) is 0 Å². The van der Waals surface area contributed by atoms with Crippen molar-refractivity contribution in [3.05, 3.63) is 41.6 Å². The first-order valence-corrected chi connectivity index (χ1v) is 6.38. The molecule has 0 aliphatic carbocycles. The Bertz CT molecular complexity index is 489. The fraction of sp³-hybridized carbons (Fsp3) is 0.231. The van der Waals surface area contributed by atoms with Gasteiger partial charge in [-0.25, -0.2) is 9.97 Å². The maximum atomic E-state index is 4.54. The third kappa shape index (κ3) is 2.09. The molecule has 0 aliphatic rings. The second-order valence-electron chi connectivity index (χ2n) is 3.70. The Morgan fingerprint density at radius 2 is 1.75 bits per heavy atom. The minimum Gasteiger partial charge on any atom is -0.231 e. The summed E-state index contributed by atoms with van der Waals surface area (Å²) in [7, 11) is 0. The molecule has 82 valence electrons. The average molecular weight is 230 g/mol. The lowest BCUT2D eigenvalue weighted by molar-refractivity contribution is 0.974. The van der Waals surface area contributed by atoms with Crippen LogP contribution >= 0.6 is 11.8 Å². The van der Waals surface area contributed by atoms with Gasteiger partial charge in [0.2, 0.25) is 0 Å². The van der Waals surface area contributed by atoms with Crippen LogP contribution in [0.3, 0.4) is 0 Å². The summed E-state index contributed by atoms with van der Waals surface area (Å²) < 4.78 is 0. The number of thioether (sulfide) groups is 1. The Kier molecular flexibility index (Phi) is 3.25. The van der Waals surface area contributed by atoms with Crippen LogP contribution in [0.4, 0.5) is 0 Å². The Hall–Kier alpha value is -1.35. The molecular formula is C13H14N2S. The van der Waals surface area contributed by atoms with E-state index in [0.717, 1.165) is 10.9 Å². The Balaban J connectivity index is 2.58. The van der Waals surface area contributed by atoms with Crippen LogP contribution in [0.5, 0.6) is 0 Å². The topological polar surface area (TPSA) is 25.8 Å². The van der Waals surface area contributed by atoms with E-state index in [9.17, 15) is 0 Å². The number of aryl methyl sites for hydroxylation is 2. The van der Waals surface area contributed by atoms with E-state index in [-0.39, 0.29) is 0 Å². The fourth-order valence-electron chi connectivity index (χ4n) is 1.80. The van der Waals surface area contributed by atoms with Crippen LogP contribution in [-0.2, 0) is 0 Å². The molecule has 1 aromatic carbocycles. The van der Waals surface area contributed by atoms with Crippen molar-refractivity contribution in [1.29, 1.82) is 0 Å². The molecule has 3 heteroatoms. The molecule has 16 heavy (non-hydrogen) atoms. The molecule has 0 saturated carbocycles. The van der Waals surface area contributed by atoms with Gasteiger partial charge in [-0.1, -0.05) is 30.0 Å². The molecule has 0 saturated heterocycles. The fourth-order valence-corrected chi connectivity index (χ4v) is 2.15. The van der Waals surface area contributed by atoms with Crippen LogP contribution in [0.25, 0.3) is 11.3 Å². The third-order valence-electron chi connectivity index (χ3n) is 2.55. The normalized spacial score (nSPS) is 10.4. The standard InChI is InChI=1S/C13H14N2S/c1-9-5-4-6-10(2)12(9)11-7-8-14-13(15-11)16-3/h4-8H,1-3H3. The van der Waals surface area contributed by atoms with Crippen LogP contribution < -0.4 is 0 Å². The maximum Gasteiger partial charge on any atom is 0.187 e. The maximum absolute atomic E-state index is 4.54. The molecule has 1 heterocycles. The van der Waals surface area contributed by atoms with E-state index >= 15 is 0 Å². The zero-order valence-corrected chi connectivity index (χ0v) is 10.5. The molecule has 0 radical (unpaired) electrons. The first-order valence-electron chi connectivity index (χ1n) is 5.16. The Morgan fingerprint density at radius 3 is 2.38 bits per heavy atom. The molecule has 2 aromatic rings. The lowest BCUT2D eigenvalue weighted by Gasteiger charge is -2.09. The van der Waals surface area contributed by atoms with Crippen LogP contribution in [-0.4, -0.2) is 16.2 Å². The van der Waals surface area contributed by atoms with E-state index < -0.39 is 0 Å². The highest BCUT2D eigenvalue weighted by atomic mass is 32.2. The van der Waals surface area contributed by atoms with Crippen molar-refractivity contribution in [2.24, 2.45) is 0 Å². The molecule has 0 unspecified atom stereocenters. The SMILES string of the molecule is CSc1nccc(-c2c(C)cccc2C)n1. The highest BCUT2D eigenvalue weighted by molar-refractivity contribution is 7.98. The van der Waals surface area contributed by atoms with Gasteiger partial charge in [0.15, 0.2) is 5.16 Å². The first-order chi connectivity index (χ1) is 7.72. The van der Waals surface area contributed by atoms with Gasteiger partial charge >= 0.3 is 0 Å². The molecule has 0 spiro atoms. The molecule has 0 bridgehead atoms. The van der Waals surface area contributed by atoms with Crippen molar-refractivity contribution in [2.75, 3.05) is 6.26 Å². The van der Waals surface area contributed by atoms with Crippen molar-refractivity contribution in [1.82, 2.24) is 9.97 Å². The van der Waals surface area contributed by atoms with Gasteiger partial charge in [-0.2, -0.15) is 0 Å². The smallest absolute Gasteiger partial charge is 0.187 e. The predicted molar refractivity (Wildman–Crippen MR) is 68.7 cm³/mol. The molecule has 0 aliphatic heterocycles. The molecule has 0 amide bonds. The Labute approximate surface area is 100 Å². The molecule has 0 atom stereocenters. The molecule has 2 rings (SSSR count). The third-order valence-corrected chi connectivity index (χ3v) is 3.12. The number of hydrogen-bond donors (Lipinski definition) is 0. The monoisotopic (exact) mass is 230 g/mol. The van der Waals surface area contributed by atoms with E-state index in [1.807, 2.05) is 18.5 Å². The second-order valence-corrected chi connectivity index (χ2v) is 4.47. The van der Waals surface area contributed by atoms with Crippen molar-refractivity contribution < 1.29 is 0 Å². The molecular weight excluding hydrogens is 216 g/mol. The van der Waals surface area contributed by atoms with Gasteiger partial charge in [0.05, 0.1) is 5.69 Å². The molecule has 0 fully saturated rings. The molecule has 2 nitrogen and oxygen atoms in total. The van der Waals surface area contributed by atoms with Crippen LogP contribution in [0.15, 0.2) is 35.6 Å². The van der Waals surface area contributed by atoms with E-state index in [1.54, 1.807) is 11.8 Å². The van der Waals surface area contributed by atoms with Gasteiger partial charge in [0.25, 0.3) is 0 Å². The summed E-state index contributed by atoms with van der Waals surface area (Å²) in [5.74, 6) is 0. The lowest BCUT2D eigenvalue weighted by Crippen LogP contribution is -1.93.